The van der Waals surface area contributed by atoms with Crippen LogP contribution in [0.4, 0.5) is 5.82 Å². The number of rotatable bonds is 6. The molecule has 2 aromatic rings. The number of nitrogens with one attached hydrogen (secondary N) is 1. The van der Waals surface area contributed by atoms with Crippen molar-refractivity contribution in [1.82, 2.24) is 9.97 Å². The molecule has 1 heterocycles. The second-order valence-corrected chi connectivity index (χ2v) is 6.07. The first-order valence-corrected chi connectivity index (χ1v) is 7.63. The van der Waals surface area contributed by atoms with E-state index in [1.807, 2.05) is 24.3 Å². The summed E-state index contributed by atoms with van der Waals surface area (Å²) in [5, 5.41) is 4.78. The van der Waals surface area contributed by atoms with E-state index in [4.69, 9.17) is 11.6 Å². The van der Waals surface area contributed by atoms with Crippen molar-refractivity contribution in [3.63, 3.8) is 0 Å². The van der Waals surface area contributed by atoms with E-state index in [1.54, 1.807) is 0 Å². The predicted molar refractivity (Wildman–Crippen MR) is 86.3 cm³/mol. The molecule has 1 aromatic heterocycles. The average molecular weight is 292 g/mol. The molecule has 0 bridgehead atoms. The summed E-state index contributed by atoms with van der Waals surface area (Å²) in [4.78, 5) is 8.57. The number of hydrogen-bond acceptors (Lipinski definition) is 3. The minimum absolute atomic E-state index is 0.292. The fourth-order valence-corrected chi connectivity index (χ4v) is 2.47. The van der Waals surface area contributed by atoms with Crippen LogP contribution in [0.3, 0.4) is 0 Å². The van der Waals surface area contributed by atoms with Gasteiger partial charge in [-0.2, -0.15) is 0 Å². The largest absolute Gasteiger partial charge is 0.367 e. The van der Waals surface area contributed by atoms with Gasteiger partial charge in [0.2, 0.25) is 5.28 Å². The van der Waals surface area contributed by atoms with Gasteiger partial charge in [-0.1, -0.05) is 38.8 Å². The Kier molecular flexibility index (Phi) is 5.18. The SMILES string of the molecule is CC(C)CCCC(C)Nc1nc(Cl)nc2ccccc12. The van der Waals surface area contributed by atoms with Crippen molar-refractivity contribution in [2.24, 2.45) is 5.92 Å². The van der Waals surface area contributed by atoms with E-state index < -0.39 is 0 Å². The highest BCUT2D eigenvalue weighted by atomic mass is 35.5. The summed E-state index contributed by atoms with van der Waals surface area (Å²) < 4.78 is 0. The van der Waals surface area contributed by atoms with E-state index in [0.29, 0.717) is 11.3 Å². The first-order chi connectivity index (χ1) is 9.56. The molecule has 1 aromatic carbocycles. The maximum absolute atomic E-state index is 5.99. The quantitative estimate of drug-likeness (QED) is 0.768. The zero-order chi connectivity index (χ0) is 14.5. The average Bonchev–Trinajstić information content (AvgIpc) is 2.38. The van der Waals surface area contributed by atoms with Crippen LogP contribution in [0.25, 0.3) is 10.9 Å². The van der Waals surface area contributed by atoms with Crippen LogP contribution in [0.5, 0.6) is 0 Å². The Morgan fingerprint density at radius 2 is 1.85 bits per heavy atom. The number of hydrogen-bond donors (Lipinski definition) is 1. The minimum Gasteiger partial charge on any atom is -0.367 e. The number of aromatic nitrogens is 2. The molecule has 0 aliphatic carbocycles. The molecule has 0 saturated heterocycles. The molecule has 20 heavy (non-hydrogen) atoms. The van der Waals surface area contributed by atoms with Crippen molar-refractivity contribution < 1.29 is 0 Å². The van der Waals surface area contributed by atoms with Crippen LogP contribution >= 0.6 is 11.6 Å². The Bertz CT molecular complexity index is 569. The molecule has 0 amide bonds. The lowest BCUT2D eigenvalue weighted by atomic mass is 10.0. The Morgan fingerprint density at radius 3 is 2.60 bits per heavy atom. The summed E-state index contributed by atoms with van der Waals surface area (Å²) in [7, 11) is 0. The predicted octanol–water partition coefficient (Wildman–Crippen LogP) is 4.91. The molecule has 0 radical (unpaired) electrons. The van der Waals surface area contributed by atoms with Crippen LogP contribution in [0, 0.1) is 5.92 Å². The lowest BCUT2D eigenvalue weighted by Gasteiger charge is -2.16. The number of benzene rings is 1. The van der Waals surface area contributed by atoms with Crippen LogP contribution in [-0.2, 0) is 0 Å². The highest BCUT2D eigenvalue weighted by Crippen LogP contribution is 2.23. The molecule has 0 aliphatic rings. The van der Waals surface area contributed by atoms with Crippen molar-refractivity contribution in [1.29, 1.82) is 0 Å². The van der Waals surface area contributed by atoms with Gasteiger partial charge in [-0.15, -0.1) is 0 Å². The fraction of sp³-hybridized carbons (Fsp3) is 0.500. The number of fused-ring (bicyclic) bond motifs is 1. The van der Waals surface area contributed by atoms with Gasteiger partial charge in [-0.25, -0.2) is 9.97 Å². The smallest absolute Gasteiger partial charge is 0.224 e. The Hall–Kier alpha value is -1.35. The second-order valence-electron chi connectivity index (χ2n) is 5.73. The van der Waals surface area contributed by atoms with Crippen LogP contribution in [0.15, 0.2) is 24.3 Å². The summed E-state index contributed by atoms with van der Waals surface area (Å²) in [5.41, 5.74) is 0.879. The van der Waals surface area contributed by atoms with Crippen molar-refractivity contribution in [2.45, 2.75) is 46.1 Å². The van der Waals surface area contributed by atoms with Crippen molar-refractivity contribution in [3.8, 4) is 0 Å². The lowest BCUT2D eigenvalue weighted by Crippen LogP contribution is -2.16. The van der Waals surface area contributed by atoms with Gasteiger partial charge in [0.15, 0.2) is 0 Å². The fourth-order valence-electron chi connectivity index (χ4n) is 2.30. The summed E-state index contributed by atoms with van der Waals surface area (Å²) in [6.07, 6.45) is 3.62. The van der Waals surface area contributed by atoms with E-state index in [2.05, 4.69) is 36.1 Å². The first kappa shape index (κ1) is 15.0. The zero-order valence-corrected chi connectivity index (χ0v) is 13.1. The maximum atomic E-state index is 5.99. The Labute approximate surface area is 125 Å². The van der Waals surface area contributed by atoms with Crippen molar-refractivity contribution in [2.75, 3.05) is 5.32 Å². The molecule has 4 heteroatoms. The van der Waals surface area contributed by atoms with E-state index in [9.17, 15) is 0 Å². The molecule has 108 valence electrons. The number of para-hydroxylation sites is 1. The number of anilines is 1. The van der Waals surface area contributed by atoms with Crippen LogP contribution in [0.1, 0.15) is 40.0 Å². The molecule has 2 rings (SSSR count). The van der Waals surface area contributed by atoms with Gasteiger partial charge in [0.1, 0.15) is 5.82 Å². The molecule has 1 atom stereocenters. The van der Waals surface area contributed by atoms with Crippen LogP contribution in [-0.4, -0.2) is 16.0 Å². The van der Waals surface area contributed by atoms with Gasteiger partial charge in [-0.3, -0.25) is 0 Å². The van der Waals surface area contributed by atoms with E-state index >= 15 is 0 Å². The molecule has 0 aliphatic heterocycles. The van der Waals surface area contributed by atoms with E-state index in [0.717, 1.165) is 29.1 Å². The molecule has 1 unspecified atom stereocenters. The third-order valence-electron chi connectivity index (χ3n) is 3.38. The highest BCUT2D eigenvalue weighted by molar-refractivity contribution is 6.28. The molecule has 0 spiro atoms. The van der Waals surface area contributed by atoms with Crippen LogP contribution < -0.4 is 5.32 Å². The third-order valence-corrected chi connectivity index (χ3v) is 3.55. The molecular weight excluding hydrogens is 270 g/mol. The van der Waals surface area contributed by atoms with Gasteiger partial charge in [0.05, 0.1) is 5.52 Å². The van der Waals surface area contributed by atoms with E-state index in [1.165, 1.54) is 12.8 Å². The standard InChI is InChI=1S/C16H22ClN3/c1-11(2)7-6-8-12(3)18-15-13-9-4-5-10-14(13)19-16(17)20-15/h4-5,9-12H,6-8H2,1-3H3,(H,18,19,20). The number of nitrogens with zero attached hydrogens (tertiary/aromatic N) is 2. The van der Waals surface area contributed by atoms with Crippen LogP contribution in [0.2, 0.25) is 5.28 Å². The van der Waals surface area contributed by atoms with Crippen molar-refractivity contribution >= 4 is 28.3 Å². The van der Waals surface area contributed by atoms with E-state index in [-0.39, 0.29) is 0 Å². The normalized spacial score (nSPS) is 12.8. The first-order valence-electron chi connectivity index (χ1n) is 7.25. The summed E-state index contributed by atoms with van der Waals surface area (Å²) in [6.45, 7) is 6.71. The van der Waals surface area contributed by atoms with Gasteiger partial charge >= 0.3 is 0 Å². The Morgan fingerprint density at radius 1 is 1.10 bits per heavy atom. The zero-order valence-electron chi connectivity index (χ0n) is 12.4. The minimum atomic E-state index is 0.292. The molecular formula is C16H22ClN3. The molecule has 0 fully saturated rings. The van der Waals surface area contributed by atoms with Gasteiger partial charge in [-0.05, 0) is 43.0 Å². The summed E-state index contributed by atoms with van der Waals surface area (Å²) in [5.74, 6) is 1.59. The highest BCUT2D eigenvalue weighted by Gasteiger charge is 2.09. The molecule has 1 N–H and O–H groups in total. The topological polar surface area (TPSA) is 37.8 Å². The summed E-state index contributed by atoms with van der Waals surface area (Å²) >= 11 is 5.99. The van der Waals surface area contributed by atoms with Crippen molar-refractivity contribution in [3.05, 3.63) is 29.5 Å². The second kappa shape index (κ2) is 6.89. The molecule has 3 nitrogen and oxygen atoms in total. The third kappa shape index (κ3) is 4.07. The summed E-state index contributed by atoms with van der Waals surface area (Å²) in [6, 6.07) is 8.31. The van der Waals surface area contributed by atoms with Gasteiger partial charge in [0.25, 0.3) is 0 Å². The Balaban J connectivity index is 2.08. The number of halogens is 1. The molecule has 0 saturated carbocycles. The lowest BCUT2D eigenvalue weighted by molar-refractivity contribution is 0.520. The van der Waals surface area contributed by atoms with Gasteiger partial charge < -0.3 is 5.32 Å². The van der Waals surface area contributed by atoms with Gasteiger partial charge in [0, 0.05) is 11.4 Å². The maximum Gasteiger partial charge on any atom is 0.224 e. The monoisotopic (exact) mass is 291 g/mol.